The van der Waals surface area contributed by atoms with Crippen LogP contribution in [0.2, 0.25) is 0 Å². The molecule has 0 aromatic carbocycles. The summed E-state index contributed by atoms with van der Waals surface area (Å²) in [5.74, 6) is 0.673. The van der Waals surface area contributed by atoms with Gasteiger partial charge in [0.1, 0.15) is 11.8 Å². The molecule has 1 aliphatic rings. The molecule has 1 fully saturated rings. The van der Waals surface area contributed by atoms with E-state index in [0.29, 0.717) is 31.2 Å². The fourth-order valence-electron chi connectivity index (χ4n) is 2.73. The zero-order valence-electron chi connectivity index (χ0n) is 13.1. The van der Waals surface area contributed by atoms with Crippen molar-refractivity contribution in [3.8, 4) is 0 Å². The van der Waals surface area contributed by atoms with Crippen LogP contribution in [0.5, 0.6) is 0 Å². The molecule has 0 N–H and O–H groups in total. The second-order valence-corrected chi connectivity index (χ2v) is 5.62. The van der Waals surface area contributed by atoms with Gasteiger partial charge in [-0.3, -0.25) is 4.79 Å². The third kappa shape index (κ3) is 2.87. The first kappa shape index (κ1) is 14.7. The van der Waals surface area contributed by atoms with Gasteiger partial charge in [-0.1, -0.05) is 0 Å². The van der Waals surface area contributed by atoms with Crippen molar-refractivity contribution in [2.75, 3.05) is 19.7 Å². The molecule has 116 valence electrons. The molecule has 2 aromatic heterocycles. The van der Waals surface area contributed by atoms with E-state index in [1.807, 2.05) is 54.8 Å². The van der Waals surface area contributed by atoms with Crippen LogP contribution in [0.1, 0.15) is 33.8 Å². The summed E-state index contributed by atoms with van der Waals surface area (Å²) < 4.78 is 7.61. The van der Waals surface area contributed by atoms with Gasteiger partial charge < -0.3 is 14.2 Å². The normalized spacial score (nSPS) is 18.5. The lowest BCUT2D eigenvalue weighted by Crippen LogP contribution is -2.43. The number of aromatic nitrogens is 3. The Hall–Kier alpha value is -2.21. The highest BCUT2D eigenvalue weighted by atomic mass is 16.5. The van der Waals surface area contributed by atoms with Crippen molar-refractivity contribution >= 4 is 5.91 Å². The molecule has 2 aromatic rings. The number of nitrogens with zero attached hydrogens (tertiary/aromatic N) is 4. The Kier molecular flexibility index (Phi) is 3.94. The molecule has 3 heterocycles. The largest absolute Gasteiger partial charge is 0.367 e. The second kappa shape index (κ2) is 5.88. The first-order valence-corrected chi connectivity index (χ1v) is 7.39. The standard InChI is InChI=1S/C16H20N4O2/c1-11-9-12(2)18-15(17-11)14-10-20(7-8-22-14)16(21)13-5-4-6-19(13)3/h4-6,9,14H,7-8,10H2,1-3H3/t14-/m1/s1. The summed E-state index contributed by atoms with van der Waals surface area (Å²) in [6.45, 7) is 5.44. The predicted octanol–water partition coefficient (Wildman–Crippen LogP) is 1.65. The van der Waals surface area contributed by atoms with Crippen LogP contribution in [-0.2, 0) is 11.8 Å². The molecule has 3 rings (SSSR count). The number of morpholine rings is 1. The van der Waals surface area contributed by atoms with Crippen LogP contribution in [0.4, 0.5) is 0 Å². The van der Waals surface area contributed by atoms with E-state index in [0.717, 1.165) is 11.4 Å². The van der Waals surface area contributed by atoms with Crippen LogP contribution in [0.15, 0.2) is 24.4 Å². The lowest BCUT2D eigenvalue weighted by Gasteiger charge is -2.32. The van der Waals surface area contributed by atoms with Gasteiger partial charge in [0.15, 0.2) is 5.82 Å². The van der Waals surface area contributed by atoms with Gasteiger partial charge in [0.05, 0.1) is 13.2 Å². The summed E-state index contributed by atoms with van der Waals surface area (Å²) in [6.07, 6.45) is 1.61. The van der Waals surface area contributed by atoms with Crippen LogP contribution < -0.4 is 0 Å². The number of carbonyl (C=O) groups excluding carboxylic acids is 1. The van der Waals surface area contributed by atoms with Gasteiger partial charge in [-0.05, 0) is 32.0 Å². The number of aryl methyl sites for hydroxylation is 3. The van der Waals surface area contributed by atoms with E-state index in [1.54, 1.807) is 0 Å². The molecule has 0 aliphatic carbocycles. The second-order valence-electron chi connectivity index (χ2n) is 5.62. The zero-order chi connectivity index (χ0) is 15.7. The Bertz CT molecular complexity index is 675. The van der Waals surface area contributed by atoms with Crippen molar-refractivity contribution in [1.82, 2.24) is 19.4 Å². The van der Waals surface area contributed by atoms with Gasteiger partial charge in [0.25, 0.3) is 5.91 Å². The number of hydrogen-bond acceptors (Lipinski definition) is 4. The predicted molar refractivity (Wildman–Crippen MR) is 81.5 cm³/mol. The number of rotatable bonds is 2. The maximum atomic E-state index is 12.6. The topological polar surface area (TPSA) is 60.2 Å². The minimum absolute atomic E-state index is 0.0187. The third-order valence-electron chi connectivity index (χ3n) is 3.80. The minimum atomic E-state index is -0.267. The quantitative estimate of drug-likeness (QED) is 0.846. The maximum Gasteiger partial charge on any atom is 0.270 e. The molecule has 0 spiro atoms. The van der Waals surface area contributed by atoms with Crippen molar-refractivity contribution in [2.45, 2.75) is 20.0 Å². The fraction of sp³-hybridized carbons (Fsp3) is 0.438. The highest BCUT2D eigenvalue weighted by Gasteiger charge is 2.28. The van der Waals surface area contributed by atoms with Crippen LogP contribution in [0, 0.1) is 13.8 Å². The van der Waals surface area contributed by atoms with E-state index in [9.17, 15) is 4.79 Å². The smallest absolute Gasteiger partial charge is 0.270 e. The van der Waals surface area contributed by atoms with Crippen LogP contribution in [0.3, 0.4) is 0 Å². The molecule has 1 amide bonds. The van der Waals surface area contributed by atoms with E-state index >= 15 is 0 Å². The Balaban J connectivity index is 1.79. The van der Waals surface area contributed by atoms with Crippen LogP contribution in [0.25, 0.3) is 0 Å². The molecule has 22 heavy (non-hydrogen) atoms. The number of carbonyl (C=O) groups is 1. The van der Waals surface area contributed by atoms with Gasteiger partial charge in [0.2, 0.25) is 0 Å². The average Bonchev–Trinajstić information content (AvgIpc) is 2.92. The Morgan fingerprint density at radius 1 is 1.32 bits per heavy atom. The molecule has 0 radical (unpaired) electrons. The molecule has 6 nitrogen and oxygen atoms in total. The summed E-state index contributed by atoms with van der Waals surface area (Å²) in [6, 6.07) is 5.64. The van der Waals surface area contributed by atoms with Crippen LogP contribution >= 0.6 is 0 Å². The Morgan fingerprint density at radius 3 is 2.68 bits per heavy atom. The van der Waals surface area contributed by atoms with Crippen LogP contribution in [-0.4, -0.2) is 45.0 Å². The molecule has 1 atom stereocenters. The van der Waals surface area contributed by atoms with E-state index in [1.165, 1.54) is 0 Å². The van der Waals surface area contributed by atoms with Gasteiger partial charge >= 0.3 is 0 Å². The molecule has 6 heteroatoms. The first-order valence-electron chi connectivity index (χ1n) is 7.39. The lowest BCUT2D eigenvalue weighted by molar-refractivity contribution is -0.0272. The number of hydrogen-bond donors (Lipinski definition) is 0. The molecule has 1 aliphatic heterocycles. The number of amides is 1. The van der Waals surface area contributed by atoms with Crippen molar-refractivity contribution in [3.05, 3.63) is 47.3 Å². The minimum Gasteiger partial charge on any atom is -0.367 e. The number of ether oxygens (including phenoxy) is 1. The van der Waals surface area contributed by atoms with Gasteiger partial charge in [-0.25, -0.2) is 9.97 Å². The third-order valence-corrected chi connectivity index (χ3v) is 3.80. The Morgan fingerprint density at radius 2 is 2.05 bits per heavy atom. The Labute approximate surface area is 129 Å². The molecule has 0 saturated carbocycles. The van der Waals surface area contributed by atoms with E-state index in [2.05, 4.69) is 9.97 Å². The summed E-state index contributed by atoms with van der Waals surface area (Å²) in [5, 5.41) is 0. The highest BCUT2D eigenvalue weighted by molar-refractivity contribution is 5.92. The molecule has 0 bridgehead atoms. The summed E-state index contributed by atoms with van der Waals surface area (Å²) in [7, 11) is 1.87. The average molecular weight is 300 g/mol. The molecular weight excluding hydrogens is 280 g/mol. The van der Waals surface area contributed by atoms with E-state index in [4.69, 9.17) is 4.74 Å². The maximum absolute atomic E-state index is 12.6. The van der Waals surface area contributed by atoms with E-state index < -0.39 is 0 Å². The molecule has 0 unspecified atom stereocenters. The van der Waals surface area contributed by atoms with Crippen molar-refractivity contribution in [1.29, 1.82) is 0 Å². The molecule has 1 saturated heterocycles. The van der Waals surface area contributed by atoms with Gasteiger partial charge in [-0.15, -0.1) is 0 Å². The lowest BCUT2D eigenvalue weighted by atomic mass is 10.2. The highest BCUT2D eigenvalue weighted by Crippen LogP contribution is 2.21. The van der Waals surface area contributed by atoms with Gasteiger partial charge in [-0.2, -0.15) is 0 Å². The summed E-state index contributed by atoms with van der Waals surface area (Å²) in [5.41, 5.74) is 2.51. The summed E-state index contributed by atoms with van der Waals surface area (Å²) >= 11 is 0. The molecular formula is C16H20N4O2. The van der Waals surface area contributed by atoms with Crippen molar-refractivity contribution in [3.63, 3.8) is 0 Å². The zero-order valence-corrected chi connectivity index (χ0v) is 13.1. The summed E-state index contributed by atoms with van der Waals surface area (Å²) in [4.78, 5) is 23.3. The van der Waals surface area contributed by atoms with Gasteiger partial charge in [0, 0.05) is 31.2 Å². The fourth-order valence-corrected chi connectivity index (χ4v) is 2.73. The van der Waals surface area contributed by atoms with Crippen molar-refractivity contribution < 1.29 is 9.53 Å². The SMILES string of the molecule is Cc1cc(C)nc([C@H]2CN(C(=O)c3cccn3C)CCO2)n1. The first-order chi connectivity index (χ1) is 10.5. The monoisotopic (exact) mass is 300 g/mol. The van der Waals surface area contributed by atoms with Crippen molar-refractivity contribution in [2.24, 2.45) is 7.05 Å². The van der Waals surface area contributed by atoms with E-state index in [-0.39, 0.29) is 12.0 Å².